The second-order valence-electron chi connectivity index (χ2n) is 7.04. The molecule has 0 saturated heterocycles. The molecule has 0 fully saturated rings. The van der Waals surface area contributed by atoms with Gasteiger partial charge >= 0.3 is 37.7 Å². The van der Waals surface area contributed by atoms with Gasteiger partial charge in [-0.05, 0) is 28.7 Å². The van der Waals surface area contributed by atoms with Crippen molar-refractivity contribution in [2.24, 2.45) is 0 Å². The quantitative estimate of drug-likeness (QED) is 0.375. The summed E-state index contributed by atoms with van der Waals surface area (Å²) >= 11 is 6.21. The van der Waals surface area contributed by atoms with Crippen LogP contribution < -0.4 is 10.2 Å². The van der Waals surface area contributed by atoms with Gasteiger partial charge in [-0.15, -0.1) is 0 Å². The SMILES string of the molecule is CCCCc1nc(Cl)c(C[O-])n1Cc1ccc(-c2ccccc2-c2nnn[n-]2)cc1.[Ca+2]. The van der Waals surface area contributed by atoms with E-state index in [-0.39, 0.29) is 44.3 Å². The van der Waals surface area contributed by atoms with Crippen LogP contribution in [-0.2, 0) is 19.6 Å². The van der Waals surface area contributed by atoms with Crippen LogP contribution in [0.5, 0.6) is 0 Å². The van der Waals surface area contributed by atoms with Crippen molar-refractivity contribution in [1.29, 1.82) is 0 Å². The van der Waals surface area contributed by atoms with E-state index in [9.17, 15) is 5.11 Å². The van der Waals surface area contributed by atoms with Crippen LogP contribution in [0.25, 0.3) is 22.5 Å². The summed E-state index contributed by atoms with van der Waals surface area (Å²) in [6, 6.07) is 16.1. The third kappa shape index (κ3) is 5.35. The Morgan fingerprint density at radius 3 is 2.45 bits per heavy atom. The molecule has 0 saturated carbocycles. The van der Waals surface area contributed by atoms with E-state index in [2.05, 4.69) is 56.8 Å². The third-order valence-corrected chi connectivity index (χ3v) is 5.39. The van der Waals surface area contributed by atoms with E-state index < -0.39 is 0 Å². The number of rotatable bonds is 8. The van der Waals surface area contributed by atoms with E-state index in [0.29, 0.717) is 23.2 Å². The Morgan fingerprint density at radius 2 is 1.81 bits per heavy atom. The van der Waals surface area contributed by atoms with E-state index in [1.807, 2.05) is 28.8 Å². The standard InChI is InChI=1S/C22H21ClN6O.Ca/c1-2-3-8-20-24-21(23)19(14-30)29(20)13-15-9-11-16(12-10-15)17-6-4-5-7-18(17)22-25-27-28-26-22;/h4-7,9-12H,2-3,8,13-14H2,1H3;/q-2;+2. The number of tetrazole rings is 1. The molecule has 2 heterocycles. The molecule has 0 aliphatic heterocycles. The maximum absolute atomic E-state index is 11.7. The van der Waals surface area contributed by atoms with Gasteiger partial charge in [-0.1, -0.05) is 80.1 Å². The number of imidazole rings is 1. The first kappa shape index (κ1) is 23.9. The van der Waals surface area contributed by atoms with Gasteiger partial charge in [-0.3, -0.25) is 10.3 Å². The molecule has 154 valence electrons. The second kappa shape index (κ2) is 11.2. The van der Waals surface area contributed by atoms with Gasteiger partial charge in [-0.2, -0.15) is 5.21 Å². The monoisotopic (exact) mass is 460 g/mol. The number of unbranched alkanes of at least 4 members (excludes halogenated alkanes) is 1. The van der Waals surface area contributed by atoms with E-state index in [1.54, 1.807) is 0 Å². The van der Waals surface area contributed by atoms with Crippen LogP contribution in [0.3, 0.4) is 0 Å². The predicted molar refractivity (Wildman–Crippen MR) is 118 cm³/mol. The molecule has 0 N–H and O–H groups in total. The molecular formula is C22H21CaClN6O. The van der Waals surface area contributed by atoms with E-state index >= 15 is 0 Å². The minimum Gasteiger partial charge on any atom is -0.850 e. The van der Waals surface area contributed by atoms with Gasteiger partial charge in [0.25, 0.3) is 0 Å². The fourth-order valence-corrected chi connectivity index (χ4v) is 3.76. The maximum Gasteiger partial charge on any atom is 2.00 e. The molecule has 2 aromatic heterocycles. The van der Waals surface area contributed by atoms with Crippen LogP contribution in [0.15, 0.2) is 48.5 Å². The average molecular weight is 461 g/mol. The molecular weight excluding hydrogens is 440 g/mol. The first-order valence-electron chi connectivity index (χ1n) is 9.90. The zero-order valence-electron chi connectivity index (χ0n) is 17.3. The maximum atomic E-state index is 11.7. The molecule has 0 radical (unpaired) electrons. The van der Waals surface area contributed by atoms with Crippen LogP contribution in [0.2, 0.25) is 5.15 Å². The van der Waals surface area contributed by atoms with Gasteiger partial charge in [-0.25, -0.2) is 4.98 Å². The number of halogens is 1. The molecule has 9 heteroatoms. The molecule has 0 atom stereocenters. The Balaban J connectivity index is 0.00000272. The summed E-state index contributed by atoms with van der Waals surface area (Å²) in [6.45, 7) is 2.32. The van der Waals surface area contributed by atoms with Gasteiger partial charge in [0.05, 0.1) is 0 Å². The largest absolute Gasteiger partial charge is 2.00 e. The summed E-state index contributed by atoms with van der Waals surface area (Å²) in [7, 11) is 0. The fraction of sp³-hybridized carbons (Fsp3) is 0.273. The molecule has 2 aromatic carbocycles. The summed E-state index contributed by atoms with van der Waals surface area (Å²) in [6.07, 6.45) is 2.88. The Hall–Kier alpha value is -1.77. The van der Waals surface area contributed by atoms with Gasteiger partial charge in [0.1, 0.15) is 11.0 Å². The zero-order valence-corrected chi connectivity index (χ0v) is 20.3. The van der Waals surface area contributed by atoms with Crippen LogP contribution in [-0.4, -0.2) is 62.8 Å². The molecule has 0 unspecified atom stereocenters. The Bertz CT molecular complexity index is 1110. The molecule has 0 spiro atoms. The smallest absolute Gasteiger partial charge is 0.850 e. The average Bonchev–Trinajstić information content (AvgIpc) is 3.41. The van der Waals surface area contributed by atoms with Crippen LogP contribution in [0.4, 0.5) is 0 Å². The number of nitrogens with zero attached hydrogens (tertiary/aromatic N) is 6. The molecule has 31 heavy (non-hydrogen) atoms. The van der Waals surface area contributed by atoms with Crippen molar-refractivity contribution in [3.63, 3.8) is 0 Å². The minimum absolute atomic E-state index is 0. The van der Waals surface area contributed by atoms with Crippen LogP contribution >= 0.6 is 11.6 Å². The first-order chi connectivity index (χ1) is 14.7. The van der Waals surface area contributed by atoms with Crippen molar-refractivity contribution in [3.05, 3.63) is 70.8 Å². The summed E-state index contributed by atoms with van der Waals surface area (Å²) in [5.74, 6) is 1.37. The minimum atomic E-state index is -0.384. The van der Waals surface area contributed by atoms with Crippen LogP contribution in [0.1, 0.15) is 36.8 Å². The Labute approximate surface area is 215 Å². The summed E-state index contributed by atoms with van der Waals surface area (Å²) in [5, 5.41) is 27.1. The number of hydrogen-bond donors (Lipinski definition) is 0. The summed E-state index contributed by atoms with van der Waals surface area (Å²) < 4.78 is 1.96. The van der Waals surface area contributed by atoms with E-state index in [0.717, 1.165) is 47.3 Å². The number of aryl methyl sites for hydroxylation is 1. The number of hydrogen-bond acceptors (Lipinski definition) is 5. The van der Waals surface area contributed by atoms with E-state index in [4.69, 9.17) is 11.6 Å². The molecule has 0 amide bonds. The molecule has 4 aromatic rings. The first-order valence-corrected chi connectivity index (χ1v) is 10.3. The second-order valence-corrected chi connectivity index (χ2v) is 7.40. The van der Waals surface area contributed by atoms with Crippen LogP contribution in [0, 0.1) is 0 Å². The van der Waals surface area contributed by atoms with Crippen molar-refractivity contribution in [3.8, 4) is 22.5 Å². The summed E-state index contributed by atoms with van der Waals surface area (Å²) in [5.41, 5.74) is 4.55. The molecule has 0 aliphatic rings. The van der Waals surface area contributed by atoms with E-state index in [1.165, 1.54) is 0 Å². The van der Waals surface area contributed by atoms with Gasteiger partial charge in [0.15, 0.2) is 0 Å². The van der Waals surface area contributed by atoms with Crippen molar-refractivity contribution in [2.45, 2.75) is 39.3 Å². The molecule has 0 aliphatic carbocycles. The Kier molecular flexibility index (Phi) is 8.63. The normalized spacial score (nSPS) is 10.8. The molecule has 4 rings (SSSR count). The molecule has 0 bridgehead atoms. The topological polar surface area (TPSA) is 93.7 Å². The zero-order chi connectivity index (χ0) is 20.9. The van der Waals surface area contributed by atoms with Gasteiger partial charge < -0.3 is 14.8 Å². The Morgan fingerprint density at radius 1 is 1.06 bits per heavy atom. The van der Waals surface area contributed by atoms with Crippen molar-refractivity contribution < 1.29 is 5.11 Å². The fourth-order valence-electron chi connectivity index (χ4n) is 3.51. The van der Waals surface area contributed by atoms with Crippen molar-refractivity contribution in [1.82, 2.24) is 30.2 Å². The summed E-state index contributed by atoms with van der Waals surface area (Å²) in [4.78, 5) is 4.42. The number of aromatic nitrogens is 6. The third-order valence-electron chi connectivity index (χ3n) is 5.09. The van der Waals surface area contributed by atoms with Gasteiger partial charge in [0.2, 0.25) is 0 Å². The van der Waals surface area contributed by atoms with Gasteiger partial charge in [0, 0.05) is 24.5 Å². The van der Waals surface area contributed by atoms with Crippen molar-refractivity contribution in [2.75, 3.05) is 0 Å². The van der Waals surface area contributed by atoms with Crippen molar-refractivity contribution >= 4 is 49.3 Å². The number of benzene rings is 2. The molecule has 7 nitrogen and oxygen atoms in total. The predicted octanol–water partition coefficient (Wildman–Crippen LogP) is 2.88.